The van der Waals surface area contributed by atoms with E-state index in [1.54, 1.807) is 0 Å². The van der Waals surface area contributed by atoms with Gasteiger partial charge in [-0.2, -0.15) is 0 Å². The Morgan fingerprint density at radius 1 is 0.769 bits per heavy atom. The zero-order valence-corrected chi connectivity index (χ0v) is 10.7. The van der Waals surface area contributed by atoms with Gasteiger partial charge in [0.1, 0.15) is 0 Å². The molecule has 0 N–H and O–H groups in total. The summed E-state index contributed by atoms with van der Waals surface area (Å²) in [6, 6.07) is 0. The first-order chi connectivity index (χ1) is 6.24. The van der Waals surface area contributed by atoms with Gasteiger partial charge in [-0.3, -0.25) is 0 Å². The zero-order valence-electron chi connectivity index (χ0n) is 10.7. The smallest absolute Gasteiger partial charge is 0.0382 e. The van der Waals surface area contributed by atoms with Crippen LogP contribution in [0.2, 0.25) is 0 Å². The highest BCUT2D eigenvalue weighted by molar-refractivity contribution is 4.60. The van der Waals surface area contributed by atoms with Crippen LogP contribution >= 0.6 is 0 Å². The minimum Gasteiger partial charge on any atom is -0.103 e. The Labute approximate surface area is 86.8 Å². The van der Waals surface area contributed by atoms with Gasteiger partial charge in [-0.15, -0.1) is 13.2 Å². The van der Waals surface area contributed by atoms with Crippen molar-refractivity contribution in [1.82, 2.24) is 0 Å². The van der Waals surface area contributed by atoms with E-state index >= 15 is 0 Å². The highest BCUT2D eigenvalue weighted by Crippen LogP contribution is 1.66. The summed E-state index contributed by atoms with van der Waals surface area (Å²) in [5, 5.41) is 0. The molecule has 0 aromatic carbocycles. The third-order valence-electron chi connectivity index (χ3n) is 0.577. The van der Waals surface area contributed by atoms with Gasteiger partial charge in [-0.1, -0.05) is 60.1 Å². The lowest BCUT2D eigenvalue weighted by molar-refractivity contribution is 1.09. The van der Waals surface area contributed by atoms with Gasteiger partial charge in [0.25, 0.3) is 0 Å². The summed E-state index contributed by atoms with van der Waals surface area (Å²) in [7, 11) is 0. The second-order valence-electron chi connectivity index (χ2n) is 2.10. The molecule has 82 valence electrons. The fraction of sp³-hybridized carbons (Fsp3) is 0.692. The average Bonchev–Trinajstić information content (AvgIpc) is 2.22. The molecule has 0 spiro atoms. The van der Waals surface area contributed by atoms with E-state index in [0.717, 1.165) is 12.8 Å². The van der Waals surface area contributed by atoms with Crippen molar-refractivity contribution in [3.63, 3.8) is 0 Å². The molecule has 0 aromatic heterocycles. The Morgan fingerprint density at radius 2 is 0.846 bits per heavy atom. The van der Waals surface area contributed by atoms with Gasteiger partial charge in [0.05, 0.1) is 0 Å². The minimum atomic E-state index is 1.08. The first-order valence-corrected chi connectivity index (χ1v) is 5.46. The summed E-state index contributed by atoms with van der Waals surface area (Å²) in [5.41, 5.74) is 0. The van der Waals surface area contributed by atoms with Crippen molar-refractivity contribution in [1.29, 1.82) is 0 Å². The molecular weight excluding hydrogens is 156 g/mol. The molecule has 0 unspecified atom stereocenters. The minimum absolute atomic E-state index is 1.08. The Balaban J connectivity index is -0.0000000431. The van der Waals surface area contributed by atoms with Gasteiger partial charge in [-0.25, -0.2) is 0 Å². The van der Waals surface area contributed by atoms with Crippen molar-refractivity contribution in [2.75, 3.05) is 0 Å². The monoisotopic (exact) mass is 186 g/mol. The van der Waals surface area contributed by atoms with Crippen molar-refractivity contribution in [3.8, 4) is 0 Å². The van der Waals surface area contributed by atoms with Crippen molar-refractivity contribution >= 4 is 0 Å². The molecule has 0 atom stereocenters. The van der Waals surface area contributed by atoms with Gasteiger partial charge >= 0.3 is 0 Å². The highest BCUT2D eigenvalue weighted by Gasteiger charge is 1.45. The predicted octanol–water partition coefficient (Wildman–Crippen LogP) is 5.61. The Kier molecular flexibility index (Phi) is 111. The Hall–Kier alpha value is -0.520. The Bertz CT molecular complexity index is 45.1. The lowest BCUT2D eigenvalue weighted by Gasteiger charge is -1.57. The van der Waals surface area contributed by atoms with E-state index in [0.29, 0.717) is 0 Å². The average molecular weight is 186 g/mol. The molecule has 0 heterocycles. The third kappa shape index (κ3) is 471. The fourth-order valence-electron chi connectivity index (χ4n) is 0. The second kappa shape index (κ2) is 62.8. The quantitative estimate of drug-likeness (QED) is 0.492. The number of rotatable bonds is 2. The first-order valence-electron chi connectivity index (χ1n) is 5.46. The van der Waals surface area contributed by atoms with E-state index in [1.165, 1.54) is 6.42 Å². The summed E-state index contributed by atoms with van der Waals surface area (Å²) >= 11 is 0. The predicted molar refractivity (Wildman–Crippen MR) is 68.3 cm³/mol. The molecule has 0 nitrogen and oxygen atoms in total. The number of hydrogen-bond acceptors (Lipinski definition) is 0. The number of allylic oxidation sites excluding steroid dienone is 2. The van der Waals surface area contributed by atoms with Crippen LogP contribution in [0.3, 0.4) is 0 Å². The van der Waals surface area contributed by atoms with Crippen LogP contribution in [-0.2, 0) is 0 Å². The summed E-state index contributed by atoms with van der Waals surface area (Å²) < 4.78 is 0. The molecule has 0 bridgehead atoms. The summed E-state index contributed by atoms with van der Waals surface area (Å²) in [6.07, 6.45) is 7.17. The molecule has 13 heavy (non-hydrogen) atoms. The summed E-state index contributed by atoms with van der Waals surface area (Å²) in [5.74, 6) is 0. The van der Waals surface area contributed by atoms with Gasteiger partial charge in [0, 0.05) is 0 Å². The SMILES string of the molecule is C=CCC.C=CCC.CC.CCC. The normalized spacial score (nSPS) is 5.69. The zero-order chi connectivity index (χ0) is 11.5. The molecule has 0 amide bonds. The van der Waals surface area contributed by atoms with Crippen molar-refractivity contribution < 1.29 is 0 Å². The van der Waals surface area contributed by atoms with Crippen LogP contribution in [0, 0.1) is 0 Å². The molecule has 0 saturated carbocycles. The first kappa shape index (κ1) is 22.9. The molecule has 0 aromatic rings. The van der Waals surface area contributed by atoms with Crippen molar-refractivity contribution in [2.45, 2.75) is 60.8 Å². The van der Waals surface area contributed by atoms with Gasteiger partial charge in [0.15, 0.2) is 0 Å². The molecular formula is C13H30. The maximum atomic E-state index is 3.48. The maximum absolute atomic E-state index is 3.48. The van der Waals surface area contributed by atoms with Crippen LogP contribution in [0.5, 0.6) is 0 Å². The molecule has 0 aliphatic heterocycles. The van der Waals surface area contributed by atoms with Crippen LogP contribution in [-0.4, -0.2) is 0 Å². The van der Waals surface area contributed by atoms with E-state index in [9.17, 15) is 0 Å². The van der Waals surface area contributed by atoms with E-state index in [-0.39, 0.29) is 0 Å². The van der Waals surface area contributed by atoms with E-state index in [4.69, 9.17) is 0 Å². The van der Waals surface area contributed by atoms with Crippen LogP contribution < -0.4 is 0 Å². The van der Waals surface area contributed by atoms with Crippen LogP contribution in [0.1, 0.15) is 60.8 Å². The van der Waals surface area contributed by atoms with Crippen LogP contribution in [0.15, 0.2) is 25.3 Å². The molecule has 0 saturated heterocycles. The highest BCUT2D eigenvalue weighted by atomic mass is 13.5. The molecule has 0 fully saturated rings. The number of hydrogen-bond donors (Lipinski definition) is 0. The van der Waals surface area contributed by atoms with E-state index < -0.39 is 0 Å². The molecule has 0 aliphatic carbocycles. The van der Waals surface area contributed by atoms with Gasteiger partial charge in [0.2, 0.25) is 0 Å². The summed E-state index contributed by atoms with van der Waals surface area (Å²) in [4.78, 5) is 0. The third-order valence-corrected chi connectivity index (χ3v) is 0.577. The topological polar surface area (TPSA) is 0 Å². The molecule has 0 radical (unpaired) electrons. The van der Waals surface area contributed by atoms with Gasteiger partial charge < -0.3 is 0 Å². The van der Waals surface area contributed by atoms with Crippen molar-refractivity contribution in [3.05, 3.63) is 25.3 Å². The lowest BCUT2D eigenvalue weighted by Crippen LogP contribution is -1.36. The maximum Gasteiger partial charge on any atom is -0.0382 e. The van der Waals surface area contributed by atoms with Crippen molar-refractivity contribution in [2.24, 2.45) is 0 Å². The molecule has 0 heteroatoms. The molecule has 0 rings (SSSR count). The largest absolute Gasteiger partial charge is 0.103 e. The van der Waals surface area contributed by atoms with Crippen LogP contribution in [0.4, 0.5) is 0 Å². The second-order valence-corrected chi connectivity index (χ2v) is 2.10. The van der Waals surface area contributed by atoms with Gasteiger partial charge in [-0.05, 0) is 12.8 Å². The lowest BCUT2D eigenvalue weighted by atomic mass is 10.5. The fourth-order valence-corrected chi connectivity index (χ4v) is 0. The Morgan fingerprint density at radius 3 is 0.846 bits per heavy atom. The van der Waals surface area contributed by atoms with E-state index in [1.807, 2.05) is 26.0 Å². The van der Waals surface area contributed by atoms with Crippen LogP contribution in [0.25, 0.3) is 0 Å². The van der Waals surface area contributed by atoms with E-state index in [2.05, 4.69) is 40.9 Å². The summed E-state index contributed by atoms with van der Waals surface area (Å²) in [6.45, 7) is 19.3. The standard InChI is InChI=1S/2C4H8.C3H8.C2H6/c2*1-3-4-2;1-3-2;1-2/h2*3H,1,4H2,2H3;3H2,1-2H3;1-2H3. The molecule has 0 aliphatic rings.